The van der Waals surface area contributed by atoms with Crippen molar-refractivity contribution in [3.05, 3.63) is 0 Å². The zero-order valence-electron chi connectivity index (χ0n) is 48.3. The average Bonchev–Trinajstić information content (AvgIpc) is 3.44. The van der Waals surface area contributed by atoms with Crippen LogP contribution in [-0.2, 0) is 33.3 Å². The quantitative estimate of drug-likeness (QED) is 0.0378. The molecule has 2 aliphatic heterocycles. The van der Waals surface area contributed by atoms with Gasteiger partial charge in [0.25, 0.3) is 5.79 Å². The number of aliphatic hydroxyl groups excluding tert-OH is 11. The Balaban J connectivity index is 2.04. The number of carboxylic acid groups (broad SMARTS) is 1. The van der Waals surface area contributed by atoms with Crippen LogP contribution in [0.1, 0.15) is 226 Å². The van der Waals surface area contributed by atoms with Crippen LogP contribution in [0.2, 0.25) is 0 Å². The van der Waals surface area contributed by atoms with Gasteiger partial charge in [0.2, 0.25) is 11.8 Å². The van der Waals surface area contributed by atoms with Crippen molar-refractivity contribution in [1.82, 2.24) is 10.6 Å². The Labute approximate surface area is 471 Å². The molecule has 79 heavy (non-hydrogen) atoms. The highest BCUT2D eigenvalue weighted by atomic mass is 16.7. The first-order valence-corrected chi connectivity index (χ1v) is 30.6. The van der Waals surface area contributed by atoms with Crippen LogP contribution in [0.5, 0.6) is 0 Å². The van der Waals surface area contributed by atoms with Crippen molar-refractivity contribution < 1.29 is 94.6 Å². The van der Waals surface area contributed by atoms with Crippen LogP contribution in [0.15, 0.2) is 0 Å². The topological polar surface area (TPSA) is 355 Å². The first-order valence-electron chi connectivity index (χ1n) is 30.6. The maximum Gasteiger partial charge on any atom is 0.364 e. The van der Waals surface area contributed by atoms with Crippen molar-refractivity contribution in [2.24, 2.45) is 5.92 Å². The molecule has 16 atom stereocenters. The molecule has 2 aliphatic rings. The lowest BCUT2D eigenvalue weighted by atomic mass is 9.88. The number of rotatable bonds is 48. The summed E-state index contributed by atoms with van der Waals surface area (Å²) >= 11 is 0. The van der Waals surface area contributed by atoms with Gasteiger partial charge < -0.3 is 90.9 Å². The molecule has 2 heterocycles. The number of hydrogen-bond acceptors (Lipinski definition) is 18. The van der Waals surface area contributed by atoms with Gasteiger partial charge in [0, 0.05) is 6.42 Å². The molecule has 0 aromatic rings. The van der Waals surface area contributed by atoms with Gasteiger partial charge in [-0.3, -0.25) is 9.59 Å². The van der Waals surface area contributed by atoms with Gasteiger partial charge in [-0.05, 0) is 18.8 Å². The molecule has 2 saturated heterocycles. The summed E-state index contributed by atoms with van der Waals surface area (Å²) in [6, 6.07) is -3.03. The summed E-state index contributed by atoms with van der Waals surface area (Å²) in [6.45, 7) is 3.00. The fraction of sp³-hybridized carbons (Fsp3) is 0.948. The number of carbonyl (C=O) groups is 3. The van der Waals surface area contributed by atoms with Crippen LogP contribution >= 0.6 is 0 Å². The van der Waals surface area contributed by atoms with Crippen molar-refractivity contribution in [2.75, 3.05) is 26.4 Å². The van der Waals surface area contributed by atoms with E-state index >= 15 is 0 Å². The van der Waals surface area contributed by atoms with E-state index in [-0.39, 0.29) is 12.8 Å². The number of hydrogen-bond donors (Lipinski definition) is 14. The first kappa shape index (κ1) is 72.9. The molecule has 466 valence electrons. The van der Waals surface area contributed by atoms with Crippen LogP contribution in [0.25, 0.3) is 0 Å². The Hall–Kier alpha value is -2.19. The SMILES string of the molecule is CCCCCCCCCCCCCCCCCCCC[C@@H](O)C(=O)N[C@@H](CO[C@@H]1O[C@H](CO[C@]2(C(=O)O)C[C@H](O)[C@@H](NC(=O)CO)[C@H]([C@H](O)[C@H](O)CO)O2)[C@@H](O)[C@H](O)[C@H]1O)[C@H](O)[C@H](O)CCCCCCCCCCCC(C)CC. The monoisotopic (exact) mass is 1140 g/mol. The van der Waals surface area contributed by atoms with Crippen LogP contribution in [-0.4, -0.2) is 197 Å². The summed E-state index contributed by atoms with van der Waals surface area (Å²) in [4.78, 5) is 38.3. The number of unbranched alkanes of at least 4 members (excludes halogenated alkanes) is 25. The predicted octanol–water partition coefficient (Wildman–Crippen LogP) is 4.29. The molecular formula is C58H110N2O19. The van der Waals surface area contributed by atoms with Gasteiger partial charge in [-0.15, -0.1) is 0 Å². The number of nitrogens with one attached hydrogen (secondary N) is 2. The van der Waals surface area contributed by atoms with E-state index in [0.717, 1.165) is 63.7 Å². The van der Waals surface area contributed by atoms with E-state index in [2.05, 4.69) is 31.4 Å². The van der Waals surface area contributed by atoms with Crippen LogP contribution in [0, 0.1) is 5.92 Å². The second kappa shape index (κ2) is 42.6. The number of amides is 2. The molecule has 2 rings (SSSR count). The minimum absolute atomic E-state index is 0.142. The maximum absolute atomic E-state index is 13.5. The van der Waals surface area contributed by atoms with Gasteiger partial charge in [-0.2, -0.15) is 0 Å². The van der Waals surface area contributed by atoms with Crippen molar-refractivity contribution in [3.8, 4) is 0 Å². The zero-order chi connectivity index (χ0) is 58.6. The maximum atomic E-state index is 13.5. The number of aliphatic hydroxyl groups is 11. The van der Waals surface area contributed by atoms with Crippen LogP contribution < -0.4 is 10.6 Å². The standard InChI is InChI=1S/C58H110N2O19/c1-4-6-7-8-9-10-11-12-13-14-15-16-17-18-21-25-28-31-34-43(64)55(73)59-41(49(68)42(63)33-30-27-24-22-19-20-23-26-29-32-40(3)5-2)38-76-56-53(72)52(71)51(70)46(78-56)39-77-58(57(74)75)35-44(65)48(60-47(67)37-62)54(79-58)50(69)45(66)36-61/h40-46,48-54,56,61-66,68-72H,4-39H2,1-3H3,(H,59,73)(H,60,67)(H,74,75)/t40?,41-,42+,43+,44-,45+,46+,48+,49-,50+,51+,52-,53+,54+,56+,58+/m0/s1. The molecule has 21 nitrogen and oxygen atoms in total. The molecule has 0 radical (unpaired) electrons. The van der Waals surface area contributed by atoms with E-state index in [1.807, 2.05) is 0 Å². The Morgan fingerprint density at radius 3 is 1.58 bits per heavy atom. The lowest BCUT2D eigenvalue weighted by Crippen LogP contribution is -2.68. The normalized spacial score (nSPS) is 26.2. The summed E-state index contributed by atoms with van der Waals surface area (Å²) in [6.07, 6.45) is 10.7. The minimum atomic E-state index is -2.89. The van der Waals surface area contributed by atoms with E-state index in [4.69, 9.17) is 18.9 Å². The Morgan fingerprint density at radius 1 is 0.633 bits per heavy atom. The second-order valence-electron chi connectivity index (χ2n) is 22.8. The molecule has 2 fully saturated rings. The highest BCUT2D eigenvalue weighted by Gasteiger charge is 2.57. The number of carbonyl (C=O) groups excluding carboxylic acids is 2. The van der Waals surface area contributed by atoms with Crippen molar-refractivity contribution >= 4 is 17.8 Å². The highest BCUT2D eigenvalue weighted by molar-refractivity contribution is 5.80. The van der Waals surface area contributed by atoms with Crippen molar-refractivity contribution in [2.45, 2.75) is 318 Å². The molecule has 1 unspecified atom stereocenters. The van der Waals surface area contributed by atoms with Crippen molar-refractivity contribution in [1.29, 1.82) is 0 Å². The van der Waals surface area contributed by atoms with E-state index in [1.54, 1.807) is 0 Å². The fourth-order valence-electron chi connectivity index (χ4n) is 10.5. The lowest BCUT2D eigenvalue weighted by molar-refractivity contribution is -0.339. The zero-order valence-corrected chi connectivity index (χ0v) is 48.3. The van der Waals surface area contributed by atoms with E-state index in [1.165, 1.54) is 116 Å². The lowest BCUT2D eigenvalue weighted by Gasteiger charge is -2.47. The van der Waals surface area contributed by atoms with E-state index in [9.17, 15) is 75.7 Å². The summed E-state index contributed by atoms with van der Waals surface area (Å²) in [7, 11) is 0. The molecule has 0 bridgehead atoms. The summed E-state index contributed by atoms with van der Waals surface area (Å²) in [5.41, 5.74) is 0. The average molecular weight is 1140 g/mol. The summed E-state index contributed by atoms with van der Waals surface area (Å²) < 4.78 is 22.8. The molecule has 14 N–H and O–H groups in total. The van der Waals surface area contributed by atoms with E-state index in [0.29, 0.717) is 12.8 Å². The van der Waals surface area contributed by atoms with Gasteiger partial charge >= 0.3 is 5.97 Å². The molecule has 0 aliphatic carbocycles. The third-order valence-electron chi connectivity index (χ3n) is 16.0. The summed E-state index contributed by atoms with van der Waals surface area (Å²) in [5.74, 6) is -5.92. The summed E-state index contributed by atoms with van der Waals surface area (Å²) in [5, 5.41) is 132. The van der Waals surface area contributed by atoms with Gasteiger partial charge in [0.1, 0.15) is 61.5 Å². The Morgan fingerprint density at radius 2 is 1.11 bits per heavy atom. The Kier molecular flexibility index (Phi) is 39.3. The molecule has 21 heteroatoms. The first-order chi connectivity index (χ1) is 37.9. The Bertz CT molecular complexity index is 1570. The minimum Gasteiger partial charge on any atom is -0.477 e. The predicted molar refractivity (Wildman–Crippen MR) is 296 cm³/mol. The second-order valence-corrected chi connectivity index (χ2v) is 22.8. The van der Waals surface area contributed by atoms with Gasteiger partial charge in [-0.1, -0.05) is 207 Å². The smallest absolute Gasteiger partial charge is 0.364 e. The number of carboxylic acids is 1. The molecular weight excluding hydrogens is 1030 g/mol. The van der Waals surface area contributed by atoms with E-state index < -0.39 is 142 Å². The molecule has 0 spiro atoms. The van der Waals surface area contributed by atoms with Crippen LogP contribution in [0.3, 0.4) is 0 Å². The number of ether oxygens (including phenoxy) is 4. The van der Waals surface area contributed by atoms with Crippen molar-refractivity contribution in [3.63, 3.8) is 0 Å². The molecule has 0 aromatic carbocycles. The van der Waals surface area contributed by atoms with Gasteiger partial charge in [0.05, 0.1) is 44.1 Å². The van der Waals surface area contributed by atoms with Gasteiger partial charge in [0.15, 0.2) is 6.29 Å². The van der Waals surface area contributed by atoms with Gasteiger partial charge in [-0.25, -0.2) is 4.79 Å². The largest absolute Gasteiger partial charge is 0.477 e. The molecule has 0 saturated carbocycles. The molecule has 0 aromatic heterocycles. The third-order valence-corrected chi connectivity index (χ3v) is 16.0. The fourth-order valence-corrected chi connectivity index (χ4v) is 10.5. The molecule has 2 amide bonds. The number of aliphatic carboxylic acids is 1. The third kappa shape index (κ3) is 28.3. The highest BCUT2D eigenvalue weighted by Crippen LogP contribution is 2.35. The van der Waals surface area contributed by atoms with Crippen LogP contribution in [0.4, 0.5) is 0 Å².